The zero-order valence-corrected chi connectivity index (χ0v) is 15.5. The molecule has 24 heavy (non-hydrogen) atoms. The standard InChI is InChI=1S/C10H22O.C8H7F3.CH2O/c1-5-6-7-10(2,3)8-9-11-4;1-6-3-2-4-7(5-6)8(9,10)11;1-2/h5-9H2,1-4H3;2-5H,1H3;1H2. The minimum atomic E-state index is -4.22. The number of hydrogen-bond acceptors (Lipinski definition) is 2. The molecule has 0 bridgehead atoms. The SMILES string of the molecule is C=O.CCCCC(C)(C)CCOC.Cc1cccc(C(F)(F)F)c1. The lowest BCUT2D eigenvalue weighted by atomic mass is 9.84. The third-order valence-electron chi connectivity index (χ3n) is 3.54. The van der Waals surface area contributed by atoms with Crippen molar-refractivity contribution in [2.24, 2.45) is 5.41 Å². The van der Waals surface area contributed by atoms with Gasteiger partial charge in [-0.3, -0.25) is 0 Å². The van der Waals surface area contributed by atoms with Gasteiger partial charge in [-0.2, -0.15) is 13.2 Å². The average Bonchev–Trinajstić information content (AvgIpc) is 2.53. The molecule has 0 N–H and O–H groups in total. The van der Waals surface area contributed by atoms with Gasteiger partial charge >= 0.3 is 6.18 Å². The van der Waals surface area contributed by atoms with Crippen molar-refractivity contribution in [3.8, 4) is 0 Å². The fourth-order valence-electron chi connectivity index (χ4n) is 1.98. The van der Waals surface area contributed by atoms with E-state index in [0.29, 0.717) is 11.0 Å². The monoisotopic (exact) mass is 348 g/mol. The maximum atomic E-state index is 12.0. The van der Waals surface area contributed by atoms with Gasteiger partial charge in [0.15, 0.2) is 0 Å². The highest BCUT2D eigenvalue weighted by molar-refractivity contribution is 5.24. The average molecular weight is 348 g/mol. The van der Waals surface area contributed by atoms with E-state index >= 15 is 0 Å². The minimum Gasteiger partial charge on any atom is -0.385 e. The van der Waals surface area contributed by atoms with Crippen LogP contribution >= 0.6 is 0 Å². The van der Waals surface area contributed by atoms with Crippen molar-refractivity contribution >= 4 is 6.79 Å². The fraction of sp³-hybridized carbons (Fsp3) is 0.632. The van der Waals surface area contributed by atoms with Crippen LogP contribution in [0.2, 0.25) is 0 Å². The predicted octanol–water partition coefficient (Wildman–Crippen LogP) is 6.07. The zero-order chi connectivity index (χ0) is 19.2. The second kappa shape index (κ2) is 13.0. The van der Waals surface area contributed by atoms with Crippen molar-refractivity contribution < 1.29 is 22.7 Å². The number of carbonyl (C=O) groups is 1. The molecular weight excluding hydrogens is 317 g/mol. The van der Waals surface area contributed by atoms with Gasteiger partial charge in [0.25, 0.3) is 0 Å². The van der Waals surface area contributed by atoms with E-state index in [1.54, 1.807) is 20.1 Å². The molecular formula is C19H31F3O2. The van der Waals surface area contributed by atoms with Crippen LogP contribution in [-0.4, -0.2) is 20.5 Å². The number of halogens is 3. The molecule has 0 aliphatic heterocycles. The van der Waals surface area contributed by atoms with Gasteiger partial charge in [0.2, 0.25) is 0 Å². The first-order valence-electron chi connectivity index (χ1n) is 8.04. The van der Waals surface area contributed by atoms with E-state index in [9.17, 15) is 13.2 Å². The topological polar surface area (TPSA) is 26.3 Å². The minimum absolute atomic E-state index is 0.478. The molecule has 0 atom stereocenters. The molecule has 140 valence electrons. The second-order valence-electron chi connectivity index (χ2n) is 6.38. The number of ether oxygens (including phenoxy) is 1. The molecule has 0 aliphatic carbocycles. The van der Waals surface area contributed by atoms with Gasteiger partial charge in [-0.15, -0.1) is 0 Å². The van der Waals surface area contributed by atoms with Gasteiger partial charge in [0.05, 0.1) is 5.56 Å². The Balaban J connectivity index is 0. The molecule has 0 saturated heterocycles. The van der Waals surface area contributed by atoms with Gasteiger partial charge < -0.3 is 9.53 Å². The highest BCUT2D eigenvalue weighted by Gasteiger charge is 2.29. The number of aryl methyl sites for hydroxylation is 1. The Labute approximate surface area is 144 Å². The van der Waals surface area contributed by atoms with Crippen LogP contribution in [0.3, 0.4) is 0 Å². The lowest BCUT2D eigenvalue weighted by Crippen LogP contribution is -2.13. The number of hydrogen-bond donors (Lipinski definition) is 0. The lowest BCUT2D eigenvalue weighted by Gasteiger charge is -2.23. The molecule has 0 radical (unpaired) electrons. The van der Waals surface area contributed by atoms with Crippen molar-refractivity contribution in [3.63, 3.8) is 0 Å². The normalized spacial score (nSPS) is 11.0. The maximum Gasteiger partial charge on any atom is 0.416 e. The van der Waals surface area contributed by atoms with Gasteiger partial charge in [-0.25, -0.2) is 0 Å². The van der Waals surface area contributed by atoms with Gasteiger partial charge in [-0.05, 0) is 31.2 Å². The lowest BCUT2D eigenvalue weighted by molar-refractivity contribution is -0.137. The summed E-state index contributed by atoms with van der Waals surface area (Å²) in [6.07, 6.45) is 0.940. The molecule has 0 spiro atoms. The van der Waals surface area contributed by atoms with Crippen LogP contribution in [0.4, 0.5) is 13.2 Å². The Hall–Kier alpha value is -1.36. The van der Waals surface area contributed by atoms with Crippen molar-refractivity contribution in [1.82, 2.24) is 0 Å². The molecule has 0 aromatic heterocycles. The molecule has 0 aliphatic rings. The smallest absolute Gasteiger partial charge is 0.385 e. The number of alkyl halides is 3. The van der Waals surface area contributed by atoms with Crippen LogP contribution in [0.5, 0.6) is 0 Å². The number of rotatable bonds is 6. The summed E-state index contributed by atoms with van der Waals surface area (Å²) in [6.45, 7) is 11.4. The summed E-state index contributed by atoms with van der Waals surface area (Å²) in [6, 6.07) is 5.22. The molecule has 0 saturated carbocycles. The molecule has 2 nitrogen and oxygen atoms in total. The van der Waals surface area contributed by atoms with Gasteiger partial charge in [0.1, 0.15) is 6.79 Å². The molecule has 1 rings (SSSR count). The first-order valence-corrected chi connectivity index (χ1v) is 8.04. The Morgan fingerprint density at radius 2 is 1.71 bits per heavy atom. The number of methoxy groups -OCH3 is 1. The first-order chi connectivity index (χ1) is 11.1. The number of unbranched alkanes of at least 4 members (excludes halogenated alkanes) is 1. The molecule has 5 heteroatoms. The van der Waals surface area contributed by atoms with E-state index in [1.165, 1.54) is 31.7 Å². The number of benzene rings is 1. The van der Waals surface area contributed by atoms with E-state index in [-0.39, 0.29) is 0 Å². The highest BCUT2D eigenvalue weighted by atomic mass is 19.4. The van der Waals surface area contributed by atoms with E-state index in [0.717, 1.165) is 18.7 Å². The Kier molecular flexibility index (Phi) is 13.5. The Morgan fingerprint density at radius 1 is 1.12 bits per heavy atom. The highest BCUT2D eigenvalue weighted by Crippen LogP contribution is 2.29. The third kappa shape index (κ3) is 13.1. The Bertz CT molecular complexity index is 419. The maximum absolute atomic E-state index is 12.0. The molecule has 0 unspecified atom stereocenters. The van der Waals surface area contributed by atoms with Crippen LogP contribution in [0.1, 0.15) is 57.6 Å². The largest absolute Gasteiger partial charge is 0.416 e. The quantitative estimate of drug-likeness (QED) is 0.624. The summed E-state index contributed by atoms with van der Waals surface area (Å²) in [7, 11) is 1.77. The van der Waals surface area contributed by atoms with Crippen LogP contribution in [-0.2, 0) is 15.7 Å². The molecule has 0 fully saturated rings. The molecule has 0 heterocycles. The summed E-state index contributed by atoms with van der Waals surface area (Å²) < 4.78 is 41.0. The molecule has 1 aromatic carbocycles. The summed E-state index contributed by atoms with van der Waals surface area (Å²) in [4.78, 5) is 8.00. The van der Waals surface area contributed by atoms with E-state index in [1.807, 2.05) is 6.79 Å². The second-order valence-corrected chi connectivity index (χ2v) is 6.38. The van der Waals surface area contributed by atoms with Crippen molar-refractivity contribution in [1.29, 1.82) is 0 Å². The third-order valence-corrected chi connectivity index (χ3v) is 3.54. The molecule has 1 aromatic rings. The van der Waals surface area contributed by atoms with Crippen LogP contribution < -0.4 is 0 Å². The van der Waals surface area contributed by atoms with Crippen LogP contribution in [0.25, 0.3) is 0 Å². The van der Waals surface area contributed by atoms with E-state index in [4.69, 9.17) is 9.53 Å². The predicted molar refractivity (Wildman–Crippen MR) is 93.1 cm³/mol. The number of carbonyl (C=O) groups excluding carboxylic acids is 1. The van der Waals surface area contributed by atoms with Crippen molar-refractivity contribution in [2.45, 2.75) is 59.6 Å². The first kappa shape index (κ1) is 24.9. The van der Waals surface area contributed by atoms with E-state index in [2.05, 4.69) is 20.8 Å². The van der Waals surface area contributed by atoms with Crippen LogP contribution in [0, 0.1) is 12.3 Å². The zero-order valence-electron chi connectivity index (χ0n) is 15.5. The van der Waals surface area contributed by atoms with Crippen molar-refractivity contribution in [3.05, 3.63) is 35.4 Å². The van der Waals surface area contributed by atoms with Gasteiger partial charge in [0, 0.05) is 13.7 Å². The summed E-state index contributed by atoms with van der Waals surface area (Å²) in [5, 5.41) is 0. The van der Waals surface area contributed by atoms with E-state index < -0.39 is 11.7 Å². The van der Waals surface area contributed by atoms with Gasteiger partial charge in [-0.1, -0.05) is 57.4 Å². The summed E-state index contributed by atoms with van der Waals surface area (Å²) in [5.74, 6) is 0. The fourth-order valence-corrected chi connectivity index (χ4v) is 1.98. The van der Waals surface area contributed by atoms with Crippen LogP contribution in [0.15, 0.2) is 24.3 Å². The molecule has 0 amide bonds. The summed E-state index contributed by atoms with van der Waals surface area (Å²) in [5.41, 5.74) is 0.517. The van der Waals surface area contributed by atoms with Crippen molar-refractivity contribution in [2.75, 3.05) is 13.7 Å². The summed E-state index contributed by atoms with van der Waals surface area (Å²) >= 11 is 0. The Morgan fingerprint density at radius 3 is 2.08 bits per heavy atom.